The molecule has 1 aliphatic carbocycles. The zero-order chi connectivity index (χ0) is 19.6. The molecule has 8 heteroatoms. The molecular formula is C19H18N2O5S. The van der Waals surface area contributed by atoms with Crippen LogP contribution in [0.1, 0.15) is 54.9 Å². The number of nitrogens with one attached hydrogen (secondary N) is 2. The summed E-state index contributed by atoms with van der Waals surface area (Å²) in [5, 5.41) is 5.32. The number of benzene rings is 1. The highest BCUT2D eigenvalue weighted by Crippen LogP contribution is 2.39. The number of ether oxygens (including phenoxy) is 1. The van der Waals surface area contributed by atoms with Crippen molar-refractivity contribution in [3.8, 4) is 0 Å². The summed E-state index contributed by atoms with van der Waals surface area (Å²) in [7, 11) is 1.17. The lowest BCUT2D eigenvalue weighted by Crippen LogP contribution is -2.31. The fraction of sp³-hybridized carbons (Fsp3) is 0.263. The monoisotopic (exact) mass is 386 g/mol. The van der Waals surface area contributed by atoms with E-state index in [2.05, 4.69) is 15.4 Å². The third kappa shape index (κ3) is 3.90. The van der Waals surface area contributed by atoms with Crippen LogP contribution in [-0.4, -0.2) is 30.8 Å². The molecule has 1 aliphatic rings. The maximum Gasteiger partial charge on any atom is 0.413 e. The number of fused-ring (bicyclic) bond motifs is 1. The zero-order valence-electron chi connectivity index (χ0n) is 14.9. The molecule has 0 aliphatic heterocycles. The van der Waals surface area contributed by atoms with E-state index in [0.29, 0.717) is 21.7 Å². The van der Waals surface area contributed by atoms with Crippen molar-refractivity contribution in [2.45, 2.75) is 26.2 Å². The van der Waals surface area contributed by atoms with E-state index in [1.54, 1.807) is 24.3 Å². The predicted molar refractivity (Wildman–Crippen MR) is 101 cm³/mol. The van der Waals surface area contributed by atoms with Crippen LogP contribution in [0, 0.1) is 0 Å². The Morgan fingerprint density at radius 1 is 1.00 bits per heavy atom. The Hall–Kier alpha value is -3.00. The molecular weight excluding hydrogens is 368 g/mol. The minimum atomic E-state index is -0.852. The molecule has 3 amide bonds. The van der Waals surface area contributed by atoms with Crippen LogP contribution in [0.25, 0.3) is 0 Å². The second kappa shape index (κ2) is 7.71. The number of hydrogen-bond acceptors (Lipinski definition) is 6. The third-order valence-electron chi connectivity index (χ3n) is 4.33. The molecule has 2 aromatic rings. The number of carbonyl (C=O) groups excluding carboxylic acids is 4. The molecule has 0 atom stereocenters. The predicted octanol–water partition coefficient (Wildman–Crippen LogP) is 3.19. The quantitative estimate of drug-likeness (QED) is 0.786. The molecule has 2 N–H and O–H groups in total. The highest BCUT2D eigenvalue weighted by molar-refractivity contribution is 7.17. The first kappa shape index (κ1) is 18.8. The summed E-state index contributed by atoms with van der Waals surface area (Å²) in [6.45, 7) is 1.45. The van der Waals surface area contributed by atoms with Crippen LogP contribution in [0.4, 0.5) is 9.80 Å². The average Bonchev–Trinajstić information content (AvgIpc) is 3.22. The van der Waals surface area contributed by atoms with Gasteiger partial charge in [0.2, 0.25) is 0 Å². The van der Waals surface area contributed by atoms with Gasteiger partial charge in [0.25, 0.3) is 11.8 Å². The molecule has 3 rings (SSSR count). The number of ketones is 1. The van der Waals surface area contributed by atoms with E-state index in [0.717, 1.165) is 29.7 Å². The highest BCUT2D eigenvalue weighted by Gasteiger charge is 2.28. The molecule has 0 fully saturated rings. The maximum absolute atomic E-state index is 12.6. The van der Waals surface area contributed by atoms with Gasteiger partial charge in [-0.2, -0.15) is 0 Å². The van der Waals surface area contributed by atoms with Crippen molar-refractivity contribution in [1.82, 2.24) is 5.32 Å². The molecule has 0 saturated carbocycles. The number of Topliss-reactive ketones (excluding diaryl/α,β-unsaturated/α-hetero) is 1. The van der Waals surface area contributed by atoms with Gasteiger partial charge in [-0.3, -0.25) is 19.7 Å². The minimum absolute atomic E-state index is 0.0848. The average molecular weight is 386 g/mol. The number of anilines is 1. The van der Waals surface area contributed by atoms with Gasteiger partial charge in [-0.05, 0) is 43.9 Å². The first-order valence-corrected chi connectivity index (χ1v) is 9.18. The smallest absolute Gasteiger partial charge is 0.413 e. The Morgan fingerprint density at radius 3 is 2.30 bits per heavy atom. The molecule has 0 radical (unpaired) electrons. The summed E-state index contributed by atoms with van der Waals surface area (Å²) < 4.78 is 4.48. The van der Waals surface area contributed by atoms with E-state index >= 15 is 0 Å². The largest absolute Gasteiger partial charge is 0.453 e. The minimum Gasteiger partial charge on any atom is -0.453 e. The van der Waals surface area contributed by atoms with Crippen LogP contribution in [0.15, 0.2) is 24.3 Å². The first-order valence-electron chi connectivity index (χ1n) is 8.37. The molecule has 0 unspecified atom stereocenters. The number of aryl methyl sites for hydroxylation is 1. The lowest BCUT2D eigenvalue weighted by Gasteiger charge is -2.08. The zero-order valence-corrected chi connectivity index (χ0v) is 15.7. The summed E-state index contributed by atoms with van der Waals surface area (Å²) >= 11 is 1.34. The van der Waals surface area contributed by atoms with Crippen molar-refractivity contribution in [2.75, 3.05) is 12.4 Å². The molecule has 1 heterocycles. The Balaban J connectivity index is 1.86. The van der Waals surface area contributed by atoms with Crippen molar-refractivity contribution in [2.24, 2.45) is 0 Å². The maximum atomic E-state index is 12.6. The van der Waals surface area contributed by atoms with E-state index < -0.39 is 17.9 Å². The number of alkyl carbamates (subject to hydrolysis) is 1. The van der Waals surface area contributed by atoms with E-state index in [1.165, 1.54) is 25.4 Å². The number of hydrogen-bond donors (Lipinski definition) is 2. The molecule has 7 nitrogen and oxygen atoms in total. The molecule has 140 valence electrons. The third-order valence-corrected chi connectivity index (χ3v) is 5.54. The standard InChI is InChI=1S/C19H18N2O5S/c1-10(22)11-6-8-12(9-7-11)16(23)20-18-15(17(24)21-19(25)26-2)13-4-3-5-14(13)27-18/h6-9H,3-5H2,1-2H3,(H,20,23)(H,21,24,25). The Kier molecular flexibility index (Phi) is 5.36. The summed E-state index contributed by atoms with van der Waals surface area (Å²) in [6.07, 6.45) is 1.64. The van der Waals surface area contributed by atoms with Gasteiger partial charge >= 0.3 is 6.09 Å². The molecule has 0 spiro atoms. The van der Waals surface area contributed by atoms with Gasteiger partial charge in [0, 0.05) is 16.0 Å². The second-order valence-electron chi connectivity index (χ2n) is 6.09. The number of imide groups is 1. The van der Waals surface area contributed by atoms with Gasteiger partial charge in [-0.25, -0.2) is 4.79 Å². The summed E-state index contributed by atoms with van der Waals surface area (Å²) in [5.41, 5.74) is 2.06. The highest BCUT2D eigenvalue weighted by atomic mass is 32.1. The molecule has 0 bridgehead atoms. The van der Waals surface area contributed by atoms with Gasteiger partial charge in [-0.15, -0.1) is 11.3 Å². The number of amides is 3. The van der Waals surface area contributed by atoms with Crippen molar-refractivity contribution >= 4 is 40.0 Å². The Labute approximate surface area is 159 Å². The van der Waals surface area contributed by atoms with Crippen molar-refractivity contribution in [1.29, 1.82) is 0 Å². The fourth-order valence-corrected chi connectivity index (χ4v) is 4.25. The van der Waals surface area contributed by atoms with Gasteiger partial charge in [0.15, 0.2) is 5.78 Å². The topological polar surface area (TPSA) is 102 Å². The SMILES string of the molecule is COC(=O)NC(=O)c1c(NC(=O)c2ccc(C(C)=O)cc2)sc2c1CCC2. The van der Waals surface area contributed by atoms with Gasteiger partial charge in [0.1, 0.15) is 5.00 Å². The van der Waals surface area contributed by atoms with E-state index in [9.17, 15) is 19.2 Å². The second-order valence-corrected chi connectivity index (χ2v) is 7.20. The van der Waals surface area contributed by atoms with Gasteiger partial charge < -0.3 is 10.1 Å². The van der Waals surface area contributed by atoms with Gasteiger partial charge in [0.05, 0.1) is 12.7 Å². The van der Waals surface area contributed by atoms with Crippen LogP contribution in [-0.2, 0) is 17.6 Å². The first-order chi connectivity index (χ1) is 12.9. The van der Waals surface area contributed by atoms with E-state index in [-0.39, 0.29) is 5.78 Å². The molecule has 0 saturated heterocycles. The van der Waals surface area contributed by atoms with Crippen molar-refractivity contribution in [3.05, 3.63) is 51.4 Å². The lowest BCUT2D eigenvalue weighted by molar-refractivity contribution is 0.0936. The van der Waals surface area contributed by atoms with Crippen LogP contribution < -0.4 is 10.6 Å². The summed E-state index contributed by atoms with van der Waals surface area (Å²) in [6, 6.07) is 6.27. The van der Waals surface area contributed by atoms with Crippen LogP contribution in [0.3, 0.4) is 0 Å². The number of rotatable bonds is 4. The lowest BCUT2D eigenvalue weighted by atomic mass is 10.1. The Morgan fingerprint density at radius 2 is 1.67 bits per heavy atom. The molecule has 27 heavy (non-hydrogen) atoms. The summed E-state index contributed by atoms with van der Waals surface area (Å²) in [5.74, 6) is -1.07. The fourth-order valence-electron chi connectivity index (χ4n) is 2.97. The normalized spacial score (nSPS) is 12.2. The molecule has 1 aromatic heterocycles. The van der Waals surface area contributed by atoms with E-state index in [4.69, 9.17) is 0 Å². The van der Waals surface area contributed by atoms with Crippen LogP contribution in [0.5, 0.6) is 0 Å². The summed E-state index contributed by atoms with van der Waals surface area (Å²) in [4.78, 5) is 48.8. The Bertz CT molecular complexity index is 930. The number of carbonyl (C=O) groups is 4. The van der Waals surface area contributed by atoms with Crippen molar-refractivity contribution in [3.63, 3.8) is 0 Å². The van der Waals surface area contributed by atoms with Crippen molar-refractivity contribution < 1.29 is 23.9 Å². The van der Waals surface area contributed by atoms with E-state index in [1.807, 2.05) is 0 Å². The number of methoxy groups -OCH3 is 1. The molecule has 1 aromatic carbocycles. The van der Waals surface area contributed by atoms with Crippen LogP contribution in [0.2, 0.25) is 0 Å². The van der Waals surface area contributed by atoms with Crippen LogP contribution >= 0.6 is 11.3 Å². The van der Waals surface area contributed by atoms with Gasteiger partial charge in [-0.1, -0.05) is 12.1 Å². The number of thiophene rings is 1.